The van der Waals surface area contributed by atoms with E-state index in [0.717, 1.165) is 17.2 Å². The molecule has 0 unspecified atom stereocenters. The summed E-state index contributed by atoms with van der Waals surface area (Å²) in [4.78, 5) is 10.8. The SMILES string of the molecule is COCCOc1ccc(/C(C)=C(\C)c2cc(OC=C(F)F)c(OC=O)cc2OC=C(F)F)cc1. The summed E-state index contributed by atoms with van der Waals surface area (Å²) in [7, 11) is 1.57. The van der Waals surface area contributed by atoms with E-state index in [1.54, 1.807) is 45.2 Å². The van der Waals surface area contributed by atoms with E-state index < -0.39 is 12.2 Å². The van der Waals surface area contributed by atoms with Crippen molar-refractivity contribution in [2.75, 3.05) is 20.3 Å². The number of hydrogen-bond acceptors (Lipinski definition) is 6. The summed E-state index contributed by atoms with van der Waals surface area (Å²) in [6.45, 7) is 4.33. The average Bonchev–Trinajstić information content (AvgIpc) is 2.81. The molecule has 2 rings (SSSR count). The highest BCUT2D eigenvalue weighted by atomic mass is 19.3. The monoisotopic (exact) mass is 482 g/mol. The number of halogens is 4. The second-order valence-electron chi connectivity index (χ2n) is 6.68. The lowest BCUT2D eigenvalue weighted by molar-refractivity contribution is -0.120. The zero-order valence-corrected chi connectivity index (χ0v) is 18.6. The van der Waals surface area contributed by atoms with Crippen molar-refractivity contribution in [3.05, 3.63) is 72.2 Å². The second kappa shape index (κ2) is 13.0. The fraction of sp³-hybridized carbons (Fsp3) is 0.208. The van der Waals surface area contributed by atoms with E-state index in [0.29, 0.717) is 24.5 Å². The molecule has 0 radical (unpaired) electrons. The standard InChI is InChI=1S/C24H22F4O6/c1-15(17-4-6-18(7-5-17)31-9-8-30-3)16(2)19-10-21(33-13-24(27)28)22(34-14-29)11-20(19)32-12-23(25)26/h4-7,10-14H,8-9H2,1-3H3/b16-15+. The van der Waals surface area contributed by atoms with Crippen molar-refractivity contribution >= 4 is 17.6 Å². The van der Waals surface area contributed by atoms with Gasteiger partial charge in [-0.05, 0) is 48.8 Å². The van der Waals surface area contributed by atoms with Crippen LogP contribution in [0.2, 0.25) is 0 Å². The molecule has 0 saturated heterocycles. The Labute approximate surface area is 193 Å². The fourth-order valence-corrected chi connectivity index (χ4v) is 2.85. The van der Waals surface area contributed by atoms with Crippen LogP contribution in [0.5, 0.6) is 23.0 Å². The number of carbonyl (C=O) groups is 1. The van der Waals surface area contributed by atoms with Gasteiger partial charge in [-0.1, -0.05) is 12.1 Å². The third-order valence-electron chi connectivity index (χ3n) is 4.58. The third kappa shape index (κ3) is 7.66. The lowest BCUT2D eigenvalue weighted by Crippen LogP contribution is -2.04. The normalized spacial score (nSPS) is 11.1. The van der Waals surface area contributed by atoms with Gasteiger partial charge < -0.3 is 23.7 Å². The summed E-state index contributed by atoms with van der Waals surface area (Å²) >= 11 is 0. The number of ether oxygens (including phenoxy) is 5. The van der Waals surface area contributed by atoms with Crippen LogP contribution in [0.3, 0.4) is 0 Å². The second-order valence-corrected chi connectivity index (χ2v) is 6.68. The van der Waals surface area contributed by atoms with Gasteiger partial charge in [0.25, 0.3) is 6.47 Å². The van der Waals surface area contributed by atoms with Crippen LogP contribution >= 0.6 is 0 Å². The number of carbonyl (C=O) groups excluding carboxylic acids is 1. The predicted octanol–water partition coefficient (Wildman–Crippen LogP) is 6.43. The van der Waals surface area contributed by atoms with Crippen LogP contribution in [0.15, 0.2) is 61.1 Å². The molecule has 0 bridgehead atoms. The number of hydrogen-bond donors (Lipinski definition) is 0. The Morgan fingerprint density at radius 2 is 1.38 bits per heavy atom. The lowest BCUT2D eigenvalue weighted by atomic mass is 9.96. The minimum absolute atomic E-state index is 0.0386. The molecule has 0 amide bonds. The van der Waals surface area contributed by atoms with E-state index in [9.17, 15) is 22.4 Å². The molecule has 10 heteroatoms. The summed E-state index contributed by atoms with van der Waals surface area (Å²) in [5, 5.41) is 0. The molecular formula is C24H22F4O6. The van der Waals surface area contributed by atoms with Gasteiger partial charge in [-0.15, -0.1) is 0 Å². The Balaban J connectivity index is 2.54. The van der Waals surface area contributed by atoms with Crippen molar-refractivity contribution in [3.63, 3.8) is 0 Å². The average molecular weight is 482 g/mol. The minimum Gasteiger partial charge on any atom is -0.491 e. The van der Waals surface area contributed by atoms with Crippen molar-refractivity contribution in [1.29, 1.82) is 0 Å². The zero-order valence-electron chi connectivity index (χ0n) is 18.6. The maximum Gasteiger partial charge on any atom is 0.305 e. The van der Waals surface area contributed by atoms with Gasteiger partial charge in [0.05, 0.1) is 6.61 Å². The smallest absolute Gasteiger partial charge is 0.305 e. The topological polar surface area (TPSA) is 63.2 Å². The predicted molar refractivity (Wildman–Crippen MR) is 117 cm³/mol. The van der Waals surface area contributed by atoms with E-state index in [-0.39, 0.29) is 41.8 Å². The quantitative estimate of drug-likeness (QED) is 0.114. The van der Waals surface area contributed by atoms with E-state index in [1.807, 2.05) is 0 Å². The molecule has 182 valence electrons. The largest absolute Gasteiger partial charge is 0.491 e. The molecule has 0 aliphatic carbocycles. The summed E-state index contributed by atoms with van der Waals surface area (Å²) < 4.78 is 75.6. The molecule has 6 nitrogen and oxygen atoms in total. The van der Waals surface area contributed by atoms with Crippen LogP contribution in [0.4, 0.5) is 17.6 Å². The van der Waals surface area contributed by atoms with Gasteiger partial charge in [0, 0.05) is 18.7 Å². The van der Waals surface area contributed by atoms with Crippen LogP contribution in [0.25, 0.3) is 11.1 Å². The van der Waals surface area contributed by atoms with E-state index in [2.05, 4.69) is 0 Å². The highest BCUT2D eigenvalue weighted by molar-refractivity contribution is 5.91. The van der Waals surface area contributed by atoms with Gasteiger partial charge in [0.2, 0.25) is 0 Å². The van der Waals surface area contributed by atoms with Crippen LogP contribution < -0.4 is 18.9 Å². The van der Waals surface area contributed by atoms with Gasteiger partial charge in [0.1, 0.15) is 18.1 Å². The molecular weight excluding hydrogens is 460 g/mol. The third-order valence-corrected chi connectivity index (χ3v) is 4.58. The first kappa shape index (κ1) is 26.5. The van der Waals surface area contributed by atoms with E-state index in [4.69, 9.17) is 23.7 Å². The van der Waals surface area contributed by atoms with Crippen LogP contribution in [0, 0.1) is 0 Å². The number of allylic oxidation sites excluding steroid dienone is 2. The Hall–Kier alpha value is -3.79. The molecule has 2 aromatic rings. The first-order chi connectivity index (χ1) is 16.3. The molecule has 2 aromatic carbocycles. The van der Waals surface area contributed by atoms with Crippen molar-refractivity contribution in [3.8, 4) is 23.0 Å². The molecule has 0 atom stereocenters. The molecule has 0 saturated carbocycles. The molecule has 0 aliphatic heterocycles. The number of benzene rings is 2. The van der Waals surface area contributed by atoms with Crippen LogP contribution in [0.1, 0.15) is 25.0 Å². The summed E-state index contributed by atoms with van der Waals surface area (Å²) in [6, 6.07) is 9.44. The van der Waals surface area contributed by atoms with E-state index in [1.165, 1.54) is 6.07 Å². The van der Waals surface area contributed by atoms with Crippen LogP contribution in [-0.4, -0.2) is 26.8 Å². The van der Waals surface area contributed by atoms with Gasteiger partial charge in [-0.25, -0.2) is 0 Å². The van der Waals surface area contributed by atoms with Gasteiger partial charge in [0.15, 0.2) is 24.0 Å². The molecule has 0 fully saturated rings. The Morgan fingerprint density at radius 1 is 0.794 bits per heavy atom. The van der Waals surface area contributed by atoms with E-state index >= 15 is 0 Å². The molecule has 0 spiro atoms. The van der Waals surface area contributed by atoms with Gasteiger partial charge in [-0.2, -0.15) is 17.6 Å². The minimum atomic E-state index is -2.13. The molecule has 34 heavy (non-hydrogen) atoms. The maximum absolute atomic E-state index is 12.7. The highest BCUT2D eigenvalue weighted by Gasteiger charge is 2.17. The zero-order chi connectivity index (χ0) is 25.1. The maximum atomic E-state index is 12.7. The van der Waals surface area contributed by atoms with Crippen molar-refractivity contribution < 1.29 is 46.0 Å². The van der Waals surface area contributed by atoms with Gasteiger partial charge in [-0.3, -0.25) is 4.79 Å². The summed E-state index contributed by atoms with van der Waals surface area (Å²) in [5.74, 6) is -0.0362. The molecule has 0 aromatic heterocycles. The molecule has 0 heterocycles. The first-order valence-electron chi connectivity index (χ1n) is 9.80. The Morgan fingerprint density at radius 3 is 1.94 bits per heavy atom. The first-order valence-corrected chi connectivity index (χ1v) is 9.80. The van der Waals surface area contributed by atoms with Crippen molar-refractivity contribution in [2.45, 2.75) is 13.8 Å². The highest BCUT2D eigenvalue weighted by Crippen LogP contribution is 2.41. The van der Waals surface area contributed by atoms with Crippen LogP contribution in [-0.2, 0) is 9.53 Å². The van der Waals surface area contributed by atoms with Crippen molar-refractivity contribution in [2.24, 2.45) is 0 Å². The fourth-order valence-electron chi connectivity index (χ4n) is 2.85. The lowest BCUT2D eigenvalue weighted by Gasteiger charge is -2.16. The molecule has 0 aliphatic rings. The van der Waals surface area contributed by atoms with Crippen molar-refractivity contribution in [1.82, 2.24) is 0 Å². The number of rotatable bonds is 12. The molecule has 0 N–H and O–H groups in total. The Kier molecular flexibility index (Phi) is 10.2. The Bertz CT molecular complexity index is 1070. The summed E-state index contributed by atoms with van der Waals surface area (Å²) in [6.07, 6.45) is -3.86. The summed E-state index contributed by atoms with van der Waals surface area (Å²) in [5.41, 5.74) is 2.31. The van der Waals surface area contributed by atoms with Gasteiger partial charge >= 0.3 is 12.2 Å². The number of methoxy groups -OCH3 is 1.